The second-order valence-corrected chi connectivity index (χ2v) is 8.49. The quantitative estimate of drug-likeness (QED) is 0.729. The maximum Gasteiger partial charge on any atom is 0.101 e. The van der Waals surface area contributed by atoms with Gasteiger partial charge in [0.25, 0.3) is 0 Å². The highest BCUT2D eigenvalue weighted by Crippen LogP contribution is 2.66. The van der Waals surface area contributed by atoms with Gasteiger partial charge in [0.2, 0.25) is 0 Å². The minimum Gasteiger partial charge on any atom is -0.386 e. The summed E-state index contributed by atoms with van der Waals surface area (Å²) in [5.74, 6) is 3.08. The summed E-state index contributed by atoms with van der Waals surface area (Å²) < 4.78 is 0. The molecule has 0 aromatic carbocycles. The van der Waals surface area contributed by atoms with Crippen LogP contribution in [0.3, 0.4) is 0 Å². The molecule has 6 aliphatic rings. The first kappa shape index (κ1) is 12.3. The molecule has 114 valence electrons. The predicted molar refractivity (Wildman–Crippen MR) is 83.6 cm³/mol. The van der Waals surface area contributed by atoms with Gasteiger partial charge in [0.05, 0.1) is 0 Å². The van der Waals surface area contributed by atoms with E-state index in [4.69, 9.17) is 0 Å². The molecule has 0 aliphatic heterocycles. The van der Waals surface area contributed by atoms with Gasteiger partial charge in [-0.25, -0.2) is 0 Å². The Balaban J connectivity index is 1.47. The molecule has 10 atom stereocenters. The van der Waals surface area contributed by atoms with Crippen molar-refractivity contribution in [2.75, 3.05) is 0 Å². The second-order valence-electron chi connectivity index (χ2n) is 8.49. The van der Waals surface area contributed by atoms with Crippen molar-refractivity contribution in [3.63, 3.8) is 0 Å². The molecule has 0 unspecified atom stereocenters. The summed E-state index contributed by atoms with van der Waals surface area (Å²) in [6.45, 7) is 0. The van der Waals surface area contributed by atoms with Gasteiger partial charge in [-0.05, 0) is 48.3 Å². The Hall–Kier alpha value is -1.12. The number of aliphatic hydroxyl groups is 2. The Kier molecular flexibility index (Phi) is 1.97. The molecule has 2 saturated carbocycles. The summed E-state index contributed by atoms with van der Waals surface area (Å²) in [7, 11) is 0. The fourth-order valence-electron chi connectivity index (χ4n) is 7.06. The van der Waals surface area contributed by atoms with Crippen LogP contribution in [0.1, 0.15) is 12.8 Å². The molecular formula is C20H22O2. The Morgan fingerprint density at radius 2 is 1.00 bits per heavy atom. The van der Waals surface area contributed by atoms with Crippen molar-refractivity contribution in [1.29, 1.82) is 0 Å². The average molecular weight is 294 g/mol. The van der Waals surface area contributed by atoms with E-state index in [1.807, 2.05) is 0 Å². The highest BCUT2D eigenvalue weighted by atomic mass is 16.4. The number of allylic oxidation sites excluding steroid dienone is 6. The van der Waals surface area contributed by atoms with Crippen LogP contribution in [0.4, 0.5) is 0 Å². The van der Waals surface area contributed by atoms with Gasteiger partial charge in [0.15, 0.2) is 0 Å². The molecule has 2 nitrogen and oxygen atoms in total. The molecule has 0 heterocycles. The molecule has 0 aromatic rings. The minimum absolute atomic E-state index is 0.123. The van der Waals surface area contributed by atoms with E-state index in [9.17, 15) is 10.2 Å². The van der Waals surface area contributed by atoms with Crippen LogP contribution in [-0.4, -0.2) is 21.4 Å². The molecule has 0 aromatic heterocycles. The summed E-state index contributed by atoms with van der Waals surface area (Å²) in [6, 6.07) is 0. The lowest BCUT2D eigenvalue weighted by atomic mass is 9.68. The maximum absolute atomic E-state index is 11.7. The second kappa shape index (κ2) is 3.52. The summed E-state index contributed by atoms with van der Waals surface area (Å²) >= 11 is 0. The third-order valence-electron chi connectivity index (χ3n) is 7.90. The molecule has 6 rings (SSSR count). The van der Waals surface area contributed by atoms with Gasteiger partial charge in [-0.1, -0.05) is 48.6 Å². The van der Waals surface area contributed by atoms with Crippen LogP contribution < -0.4 is 0 Å². The van der Waals surface area contributed by atoms with Crippen molar-refractivity contribution in [3.8, 4) is 0 Å². The topological polar surface area (TPSA) is 40.5 Å². The lowest BCUT2D eigenvalue weighted by molar-refractivity contribution is -0.180. The van der Waals surface area contributed by atoms with Gasteiger partial charge in [-0.3, -0.25) is 0 Å². The Morgan fingerprint density at radius 1 is 0.591 bits per heavy atom. The third kappa shape index (κ3) is 1.11. The Morgan fingerprint density at radius 3 is 1.45 bits per heavy atom. The van der Waals surface area contributed by atoms with Crippen molar-refractivity contribution in [1.82, 2.24) is 0 Å². The van der Waals surface area contributed by atoms with Crippen LogP contribution >= 0.6 is 0 Å². The van der Waals surface area contributed by atoms with E-state index in [0.717, 1.165) is 12.8 Å². The molecular weight excluding hydrogens is 272 g/mol. The van der Waals surface area contributed by atoms with Crippen LogP contribution in [0.25, 0.3) is 0 Å². The molecule has 0 spiro atoms. The van der Waals surface area contributed by atoms with Crippen molar-refractivity contribution in [2.45, 2.75) is 24.0 Å². The first-order valence-corrected chi connectivity index (χ1v) is 8.80. The van der Waals surface area contributed by atoms with Gasteiger partial charge in [-0.2, -0.15) is 0 Å². The monoisotopic (exact) mass is 294 g/mol. The van der Waals surface area contributed by atoms with E-state index in [1.165, 1.54) is 0 Å². The van der Waals surface area contributed by atoms with Crippen LogP contribution in [0.15, 0.2) is 48.6 Å². The lowest BCUT2D eigenvalue weighted by Crippen LogP contribution is -2.59. The Labute approximate surface area is 130 Å². The molecule has 6 aliphatic carbocycles. The average Bonchev–Trinajstić information content (AvgIpc) is 3.24. The van der Waals surface area contributed by atoms with E-state index in [1.54, 1.807) is 0 Å². The third-order valence-corrected chi connectivity index (χ3v) is 7.90. The van der Waals surface area contributed by atoms with E-state index in [-0.39, 0.29) is 11.8 Å². The van der Waals surface area contributed by atoms with Crippen molar-refractivity contribution < 1.29 is 10.2 Å². The fourth-order valence-corrected chi connectivity index (χ4v) is 7.06. The van der Waals surface area contributed by atoms with Crippen molar-refractivity contribution >= 4 is 0 Å². The van der Waals surface area contributed by atoms with Crippen LogP contribution in [0.2, 0.25) is 0 Å². The van der Waals surface area contributed by atoms with Gasteiger partial charge in [0.1, 0.15) is 11.2 Å². The zero-order valence-electron chi connectivity index (χ0n) is 12.5. The highest BCUT2D eigenvalue weighted by molar-refractivity contribution is 5.37. The van der Waals surface area contributed by atoms with Crippen LogP contribution in [0.5, 0.6) is 0 Å². The van der Waals surface area contributed by atoms with E-state index in [0.29, 0.717) is 35.5 Å². The molecule has 2 fully saturated rings. The molecule has 0 radical (unpaired) electrons. The maximum atomic E-state index is 11.7. The predicted octanol–water partition coefficient (Wildman–Crippen LogP) is 2.46. The number of hydrogen-bond acceptors (Lipinski definition) is 2. The largest absolute Gasteiger partial charge is 0.386 e. The molecule has 22 heavy (non-hydrogen) atoms. The minimum atomic E-state index is -0.958. The lowest BCUT2D eigenvalue weighted by Gasteiger charge is -2.45. The van der Waals surface area contributed by atoms with Gasteiger partial charge < -0.3 is 10.2 Å². The molecule has 0 amide bonds. The molecule has 2 N–H and O–H groups in total. The first-order valence-electron chi connectivity index (χ1n) is 8.80. The van der Waals surface area contributed by atoms with Crippen LogP contribution in [-0.2, 0) is 0 Å². The van der Waals surface area contributed by atoms with Gasteiger partial charge >= 0.3 is 0 Å². The normalized spacial score (nSPS) is 65.0. The van der Waals surface area contributed by atoms with E-state index >= 15 is 0 Å². The molecule has 0 bridgehead atoms. The summed E-state index contributed by atoms with van der Waals surface area (Å²) in [5.41, 5.74) is -1.92. The zero-order valence-corrected chi connectivity index (χ0v) is 12.5. The standard InChI is InChI=1S/C20H22O2/c21-19(9-13-3-1-11-5-7-15(19)17(11)13)20(22)10-14-4-2-12-6-8-16(20)18(12)14/h1-8,11-18,21-22H,9-10H2/t11-,12+,13-,14-,15+,16+,17+,18+,19-,20-/m0/s1. The van der Waals surface area contributed by atoms with Crippen molar-refractivity contribution in [3.05, 3.63) is 48.6 Å². The van der Waals surface area contributed by atoms with Crippen molar-refractivity contribution in [2.24, 2.45) is 47.3 Å². The van der Waals surface area contributed by atoms with Crippen LogP contribution in [0, 0.1) is 47.3 Å². The Bertz CT molecular complexity index is 615. The smallest absolute Gasteiger partial charge is 0.101 e. The van der Waals surface area contributed by atoms with E-state index < -0.39 is 11.2 Å². The first-order chi connectivity index (χ1) is 10.6. The number of hydrogen-bond donors (Lipinski definition) is 2. The number of rotatable bonds is 1. The highest BCUT2D eigenvalue weighted by Gasteiger charge is 2.70. The zero-order chi connectivity index (χ0) is 14.7. The molecule has 2 heteroatoms. The fraction of sp³-hybridized carbons (Fsp3) is 0.600. The van der Waals surface area contributed by atoms with E-state index in [2.05, 4.69) is 48.6 Å². The summed E-state index contributed by atoms with van der Waals surface area (Å²) in [4.78, 5) is 0. The molecule has 0 saturated heterocycles. The summed E-state index contributed by atoms with van der Waals surface area (Å²) in [5, 5.41) is 23.4. The van der Waals surface area contributed by atoms with Gasteiger partial charge in [-0.15, -0.1) is 0 Å². The van der Waals surface area contributed by atoms with Gasteiger partial charge in [0, 0.05) is 11.8 Å². The summed E-state index contributed by atoms with van der Waals surface area (Å²) in [6.07, 6.45) is 19.5. The SMILES string of the molecule is O[C@@]1([C@]2(O)C[C@@H]3C=C[C@@H]4C=C[C@@H]2[C@H]43)C[C@@H]2C=C[C@H]3C=C[C@@H]1[C@H]32.